The van der Waals surface area contributed by atoms with Crippen LogP contribution in [0.4, 0.5) is 0 Å². The fraction of sp³-hybridized carbons (Fsp3) is 0.417. The van der Waals surface area contributed by atoms with Crippen LogP contribution in [0.1, 0.15) is 30.1 Å². The summed E-state index contributed by atoms with van der Waals surface area (Å²) < 4.78 is 7.72. The third-order valence-electron chi connectivity index (χ3n) is 6.25. The SMILES string of the molecule is CC(NC(=O)c1c[nH]c2c1nc(-c1cc(OCC3CC3)ccn1)c[n+]2C)C(=O)N1CC(C#N)C1. The van der Waals surface area contributed by atoms with E-state index in [0.29, 0.717) is 53.7 Å². The topological polar surface area (TPSA) is 128 Å². The van der Waals surface area contributed by atoms with E-state index in [4.69, 9.17) is 15.0 Å². The Labute approximate surface area is 196 Å². The van der Waals surface area contributed by atoms with Gasteiger partial charge in [-0.25, -0.2) is 14.5 Å². The second-order valence-corrected chi connectivity index (χ2v) is 9.03. The summed E-state index contributed by atoms with van der Waals surface area (Å²) in [6, 6.07) is 5.11. The van der Waals surface area contributed by atoms with Gasteiger partial charge in [-0.2, -0.15) is 5.26 Å². The molecule has 0 aromatic carbocycles. The average molecular weight is 461 g/mol. The van der Waals surface area contributed by atoms with Gasteiger partial charge in [0.15, 0.2) is 5.52 Å². The fourth-order valence-electron chi connectivity index (χ4n) is 3.97. The van der Waals surface area contributed by atoms with E-state index < -0.39 is 11.9 Å². The lowest BCUT2D eigenvalue weighted by Crippen LogP contribution is -2.55. The van der Waals surface area contributed by atoms with Gasteiger partial charge in [-0.15, -0.1) is 0 Å². The van der Waals surface area contributed by atoms with Crippen molar-refractivity contribution in [3.8, 4) is 23.2 Å². The number of aryl methyl sites for hydroxylation is 1. The van der Waals surface area contributed by atoms with E-state index in [-0.39, 0.29) is 11.8 Å². The number of carbonyl (C=O) groups is 2. The molecule has 2 fully saturated rings. The Morgan fingerprint density at radius 2 is 2.18 bits per heavy atom. The lowest BCUT2D eigenvalue weighted by molar-refractivity contribution is -0.646. The first-order valence-corrected chi connectivity index (χ1v) is 11.4. The van der Waals surface area contributed by atoms with Gasteiger partial charge >= 0.3 is 5.65 Å². The number of hydrogen-bond acceptors (Lipinski definition) is 6. The number of pyridine rings is 1. The average Bonchev–Trinajstić information content (AvgIpc) is 3.53. The standard InChI is InChI=1S/C24H25N7O3/c1-14(24(33)31-10-16(8-25)11-31)28-23(32)18-9-27-22-21(18)29-20(12-30(22)2)19-7-17(5-6-26-19)34-13-15-3-4-15/h5-7,9,12,14-16H,3-4,10-11,13H2,1-2H3,(H,28,32)/p+1. The zero-order valence-electron chi connectivity index (χ0n) is 19.1. The number of H-pyrrole nitrogens is 1. The third kappa shape index (κ3) is 4.29. The Hall–Kier alpha value is -4.00. The van der Waals surface area contributed by atoms with Gasteiger partial charge in [0.05, 0.1) is 31.3 Å². The third-order valence-corrected chi connectivity index (χ3v) is 6.25. The molecule has 1 unspecified atom stereocenters. The van der Waals surface area contributed by atoms with Gasteiger partial charge in [0, 0.05) is 25.4 Å². The lowest BCUT2D eigenvalue weighted by Gasteiger charge is -2.37. The predicted octanol–water partition coefficient (Wildman–Crippen LogP) is 1.34. The molecule has 3 aromatic heterocycles. The summed E-state index contributed by atoms with van der Waals surface area (Å²) in [6.45, 7) is 3.15. The van der Waals surface area contributed by atoms with Crippen molar-refractivity contribution in [2.45, 2.75) is 25.8 Å². The van der Waals surface area contributed by atoms with Crippen LogP contribution in [-0.2, 0) is 11.8 Å². The molecular weight excluding hydrogens is 434 g/mol. The van der Waals surface area contributed by atoms with Crippen molar-refractivity contribution in [1.82, 2.24) is 25.2 Å². The van der Waals surface area contributed by atoms with E-state index in [2.05, 4.69) is 21.4 Å². The van der Waals surface area contributed by atoms with E-state index in [1.165, 1.54) is 12.8 Å². The monoisotopic (exact) mass is 460 g/mol. The molecule has 3 aromatic rings. The molecule has 5 rings (SSSR count). The minimum atomic E-state index is -0.712. The van der Waals surface area contributed by atoms with Crippen LogP contribution in [0, 0.1) is 23.2 Å². The zero-order chi connectivity index (χ0) is 23.8. The number of ether oxygens (including phenoxy) is 1. The van der Waals surface area contributed by atoms with Crippen molar-refractivity contribution in [1.29, 1.82) is 5.26 Å². The summed E-state index contributed by atoms with van der Waals surface area (Å²) in [5.74, 6) is 0.655. The van der Waals surface area contributed by atoms with E-state index in [1.807, 2.05) is 29.9 Å². The Balaban J connectivity index is 1.36. The maximum absolute atomic E-state index is 13.0. The predicted molar refractivity (Wildman–Crippen MR) is 121 cm³/mol. The van der Waals surface area contributed by atoms with Crippen LogP contribution in [0.2, 0.25) is 0 Å². The molecule has 34 heavy (non-hydrogen) atoms. The van der Waals surface area contributed by atoms with Crippen molar-refractivity contribution in [2.75, 3.05) is 19.7 Å². The number of carbonyl (C=O) groups excluding carboxylic acids is 2. The highest BCUT2D eigenvalue weighted by Crippen LogP contribution is 2.30. The van der Waals surface area contributed by atoms with Gasteiger partial charge in [0.2, 0.25) is 5.91 Å². The van der Waals surface area contributed by atoms with Crippen LogP contribution < -0.4 is 14.6 Å². The summed E-state index contributed by atoms with van der Waals surface area (Å²) in [7, 11) is 1.86. The maximum Gasteiger partial charge on any atom is 0.306 e. The Morgan fingerprint density at radius 3 is 2.91 bits per heavy atom. The van der Waals surface area contributed by atoms with Crippen molar-refractivity contribution >= 4 is 23.0 Å². The number of amides is 2. The normalized spacial score (nSPS) is 16.6. The highest BCUT2D eigenvalue weighted by atomic mass is 16.5. The molecule has 0 bridgehead atoms. The molecule has 1 aliphatic heterocycles. The number of aromatic nitrogens is 4. The number of rotatable bonds is 7. The van der Waals surface area contributed by atoms with Crippen molar-refractivity contribution in [3.05, 3.63) is 36.3 Å². The van der Waals surface area contributed by atoms with Crippen molar-refractivity contribution < 1.29 is 18.9 Å². The molecule has 1 atom stereocenters. The van der Waals surface area contributed by atoms with Crippen LogP contribution >= 0.6 is 0 Å². The number of aromatic amines is 1. The first kappa shape index (κ1) is 21.8. The first-order valence-electron chi connectivity index (χ1n) is 11.4. The molecule has 10 nitrogen and oxygen atoms in total. The number of fused-ring (bicyclic) bond motifs is 1. The minimum absolute atomic E-state index is 0.130. The van der Waals surface area contributed by atoms with Crippen LogP contribution in [0.3, 0.4) is 0 Å². The molecule has 2 N–H and O–H groups in total. The molecule has 4 heterocycles. The molecule has 1 saturated carbocycles. The van der Waals surface area contributed by atoms with E-state index in [9.17, 15) is 9.59 Å². The van der Waals surface area contributed by atoms with Gasteiger partial charge in [-0.05, 0) is 31.7 Å². The number of nitrogens with zero attached hydrogens (tertiary/aromatic N) is 5. The highest BCUT2D eigenvalue weighted by Gasteiger charge is 2.34. The number of nitriles is 1. The largest absolute Gasteiger partial charge is 0.493 e. The minimum Gasteiger partial charge on any atom is -0.493 e. The van der Waals surface area contributed by atoms with Gasteiger partial charge in [0.25, 0.3) is 5.91 Å². The molecule has 2 amide bonds. The van der Waals surface area contributed by atoms with Crippen molar-refractivity contribution in [3.63, 3.8) is 0 Å². The van der Waals surface area contributed by atoms with Gasteiger partial charge < -0.3 is 15.0 Å². The first-order chi connectivity index (χ1) is 16.4. The molecule has 10 heteroatoms. The molecule has 2 aliphatic rings. The van der Waals surface area contributed by atoms with E-state index in [1.54, 1.807) is 24.2 Å². The molecule has 1 saturated heterocycles. The van der Waals surface area contributed by atoms with Crippen LogP contribution in [0.5, 0.6) is 5.75 Å². The van der Waals surface area contributed by atoms with E-state index in [0.717, 1.165) is 5.75 Å². The fourth-order valence-corrected chi connectivity index (χ4v) is 3.97. The summed E-state index contributed by atoms with van der Waals surface area (Å²) in [6.07, 6.45) is 7.55. The second-order valence-electron chi connectivity index (χ2n) is 9.03. The molecule has 0 spiro atoms. The summed E-state index contributed by atoms with van der Waals surface area (Å²) in [5.41, 5.74) is 2.75. The smallest absolute Gasteiger partial charge is 0.306 e. The Morgan fingerprint density at radius 1 is 1.38 bits per heavy atom. The molecular formula is C24H26N7O3+. The number of nitrogens with one attached hydrogen (secondary N) is 2. The van der Waals surface area contributed by atoms with Crippen molar-refractivity contribution in [2.24, 2.45) is 18.9 Å². The molecule has 0 radical (unpaired) electrons. The Kier molecular flexibility index (Phi) is 5.61. The van der Waals surface area contributed by atoms with Crippen LogP contribution in [0.15, 0.2) is 30.7 Å². The summed E-state index contributed by atoms with van der Waals surface area (Å²) >= 11 is 0. The quantitative estimate of drug-likeness (QED) is 0.512. The Bertz CT molecular complexity index is 1300. The maximum atomic E-state index is 13.0. The van der Waals surface area contributed by atoms with Crippen LogP contribution in [0.25, 0.3) is 22.6 Å². The molecule has 1 aliphatic carbocycles. The zero-order valence-corrected chi connectivity index (χ0v) is 19.1. The van der Waals surface area contributed by atoms with Gasteiger partial charge in [-0.3, -0.25) is 14.6 Å². The highest BCUT2D eigenvalue weighted by molar-refractivity contribution is 6.05. The summed E-state index contributed by atoms with van der Waals surface area (Å²) in [5, 5.41) is 11.7. The molecule has 174 valence electrons. The lowest BCUT2D eigenvalue weighted by atomic mass is 10.0. The van der Waals surface area contributed by atoms with Crippen LogP contribution in [-0.4, -0.2) is 57.4 Å². The number of likely N-dealkylation sites (tertiary alicyclic amines) is 1. The van der Waals surface area contributed by atoms with Gasteiger partial charge in [0.1, 0.15) is 35.4 Å². The second kappa shape index (κ2) is 8.74. The van der Waals surface area contributed by atoms with Gasteiger partial charge in [-0.1, -0.05) is 0 Å². The number of hydrogen-bond donors (Lipinski definition) is 2. The summed E-state index contributed by atoms with van der Waals surface area (Å²) in [4.78, 5) is 39.4. The van der Waals surface area contributed by atoms with E-state index >= 15 is 0 Å².